The van der Waals surface area contributed by atoms with Gasteiger partial charge in [-0.15, -0.1) is 0 Å². The van der Waals surface area contributed by atoms with E-state index in [9.17, 15) is 13.2 Å². The van der Waals surface area contributed by atoms with Crippen LogP contribution in [0, 0.1) is 6.92 Å². The van der Waals surface area contributed by atoms with E-state index in [2.05, 4.69) is 5.32 Å². The molecule has 146 valence electrons. The summed E-state index contributed by atoms with van der Waals surface area (Å²) in [6, 6.07) is 15.8. The first-order chi connectivity index (χ1) is 12.8. The quantitative estimate of drug-likeness (QED) is 0.748. The van der Waals surface area contributed by atoms with Crippen LogP contribution in [0.5, 0.6) is 0 Å². The van der Waals surface area contributed by atoms with Gasteiger partial charge in [-0.25, -0.2) is 8.42 Å². The van der Waals surface area contributed by atoms with E-state index in [-0.39, 0.29) is 11.9 Å². The molecule has 0 saturated carbocycles. The summed E-state index contributed by atoms with van der Waals surface area (Å²) in [5, 5.41) is 3.03. The second-order valence-corrected chi connectivity index (χ2v) is 8.56. The fourth-order valence-electron chi connectivity index (χ4n) is 3.12. The zero-order chi connectivity index (χ0) is 20.0. The molecule has 0 radical (unpaired) electrons. The van der Waals surface area contributed by atoms with Crippen molar-refractivity contribution in [3.8, 4) is 0 Å². The first kappa shape index (κ1) is 21.0. The number of hydrogen-bond donors (Lipinski definition) is 1. The molecule has 6 heteroatoms. The summed E-state index contributed by atoms with van der Waals surface area (Å²) in [4.78, 5) is 13.0. The molecule has 5 nitrogen and oxygen atoms in total. The molecule has 1 amide bonds. The number of sulfonamides is 1. The van der Waals surface area contributed by atoms with Crippen molar-refractivity contribution >= 4 is 21.6 Å². The fraction of sp³-hybridized carbons (Fsp3) is 0.381. The number of nitrogens with zero attached hydrogens (tertiary/aromatic N) is 1. The Morgan fingerprint density at radius 1 is 1.00 bits per heavy atom. The average Bonchev–Trinajstić information content (AvgIpc) is 2.64. The average molecular weight is 389 g/mol. The zero-order valence-corrected chi connectivity index (χ0v) is 17.2. The molecule has 0 aliphatic carbocycles. The standard InChI is InChI=1S/C21H28N2O3S/c1-5-19(17-14-12-16(3)13-15-17)22-21(24)20(6-2)23(27(4,25)26)18-10-8-7-9-11-18/h7-15,19-20H,5-6H2,1-4H3,(H,22,24)/t19-,20+/m1/s1. The van der Waals surface area contributed by atoms with Crippen molar-refractivity contribution in [2.45, 2.75) is 45.7 Å². The van der Waals surface area contributed by atoms with Gasteiger partial charge in [0.1, 0.15) is 6.04 Å². The van der Waals surface area contributed by atoms with Crippen molar-refractivity contribution < 1.29 is 13.2 Å². The van der Waals surface area contributed by atoms with E-state index in [1.165, 1.54) is 4.31 Å². The number of hydrogen-bond acceptors (Lipinski definition) is 3. The van der Waals surface area contributed by atoms with Crippen LogP contribution in [0.15, 0.2) is 54.6 Å². The highest BCUT2D eigenvalue weighted by atomic mass is 32.2. The highest BCUT2D eigenvalue weighted by Crippen LogP contribution is 2.23. The van der Waals surface area contributed by atoms with Gasteiger partial charge in [0, 0.05) is 0 Å². The zero-order valence-electron chi connectivity index (χ0n) is 16.3. The maximum Gasteiger partial charge on any atom is 0.244 e. The van der Waals surface area contributed by atoms with Crippen LogP contribution < -0.4 is 9.62 Å². The monoisotopic (exact) mass is 388 g/mol. The third-order valence-electron chi connectivity index (χ3n) is 4.54. The SMILES string of the molecule is CC[C@@H](NC(=O)[C@H](CC)N(c1ccccc1)S(C)(=O)=O)c1ccc(C)cc1. The minimum atomic E-state index is -3.61. The number of carbonyl (C=O) groups excluding carboxylic acids is 1. The second kappa shape index (κ2) is 9.04. The van der Waals surface area contributed by atoms with Gasteiger partial charge in [0.2, 0.25) is 15.9 Å². The van der Waals surface area contributed by atoms with Gasteiger partial charge in [-0.2, -0.15) is 0 Å². The third-order valence-corrected chi connectivity index (χ3v) is 5.72. The van der Waals surface area contributed by atoms with Crippen molar-refractivity contribution in [2.75, 3.05) is 10.6 Å². The molecular formula is C21H28N2O3S. The normalized spacial score (nSPS) is 13.6. The molecule has 0 saturated heterocycles. The van der Waals surface area contributed by atoms with E-state index >= 15 is 0 Å². The van der Waals surface area contributed by atoms with Crippen molar-refractivity contribution in [3.05, 3.63) is 65.7 Å². The summed E-state index contributed by atoms with van der Waals surface area (Å²) < 4.78 is 26.1. The molecule has 2 aromatic rings. The lowest BCUT2D eigenvalue weighted by molar-refractivity contribution is -0.123. The van der Waals surface area contributed by atoms with E-state index in [0.29, 0.717) is 12.1 Å². The fourth-order valence-corrected chi connectivity index (χ4v) is 4.33. The molecule has 0 heterocycles. The number of para-hydroxylation sites is 1. The molecule has 0 aliphatic rings. The lowest BCUT2D eigenvalue weighted by atomic mass is 10.0. The molecule has 2 atom stereocenters. The Hall–Kier alpha value is -2.34. The van der Waals surface area contributed by atoms with E-state index in [1.807, 2.05) is 51.1 Å². The Bertz CT molecular complexity index is 849. The van der Waals surface area contributed by atoms with Crippen LogP contribution in [-0.2, 0) is 14.8 Å². The number of rotatable bonds is 8. The topological polar surface area (TPSA) is 66.5 Å². The van der Waals surface area contributed by atoms with Gasteiger partial charge in [0.15, 0.2) is 0 Å². The molecule has 2 rings (SSSR count). The molecule has 1 N–H and O–H groups in total. The van der Waals surface area contributed by atoms with Gasteiger partial charge in [-0.1, -0.05) is 61.9 Å². The molecular weight excluding hydrogens is 360 g/mol. The van der Waals surface area contributed by atoms with Crippen molar-refractivity contribution in [3.63, 3.8) is 0 Å². The summed E-state index contributed by atoms with van der Waals surface area (Å²) >= 11 is 0. The maximum atomic E-state index is 13.0. The van der Waals surface area contributed by atoms with Gasteiger partial charge in [0.25, 0.3) is 0 Å². The number of amides is 1. The molecule has 0 aromatic heterocycles. The number of nitrogens with one attached hydrogen (secondary N) is 1. The Kier molecular flexibility index (Phi) is 7.02. The highest BCUT2D eigenvalue weighted by Gasteiger charge is 2.32. The number of aryl methyl sites for hydroxylation is 1. The summed E-state index contributed by atoms with van der Waals surface area (Å²) in [6.45, 7) is 5.83. The maximum absolute atomic E-state index is 13.0. The van der Waals surface area contributed by atoms with E-state index in [1.54, 1.807) is 24.3 Å². The molecule has 0 bridgehead atoms. The van der Waals surface area contributed by atoms with E-state index in [4.69, 9.17) is 0 Å². The van der Waals surface area contributed by atoms with Crippen LogP contribution in [-0.4, -0.2) is 26.6 Å². The van der Waals surface area contributed by atoms with Gasteiger partial charge in [-0.05, 0) is 37.5 Å². The summed E-state index contributed by atoms with van der Waals surface area (Å²) in [7, 11) is -3.61. The molecule has 2 aromatic carbocycles. The Labute approximate surface area is 162 Å². The third kappa shape index (κ3) is 5.32. The number of benzene rings is 2. The Morgan fingerprint density at radius 3 is 2.07 bits per heavy atom. The van der Waals surface area contributed by atoms with Gasteiger partial charge in [0.05, 0.1) is 18.0 Å². The Balaban J connectivity index is 2.30. The van der Waals surface area contributed by atoms with E-state index < -0.39 is 16.1 Å². The molecule has 0 unspecified atom stereocenters. The van der Waals surface area contributed by atoms with Crippen LogP contribution in [0.4, 0.5) is 5.69 Å². The summed E-state index contributed by atoms with van der Waals surface area (Å²) in [5.41, 5.74) is 2.65. The van der Waals surface area contributed by atoms with Crippen LogP contribution >= 0.6 is 0 Å². The van der Waals surface area contributed by atoms with Crippen molar-refractivity contribution in [1.29, 1.82) is 0 Å². The Morgan fingerprint density at radius 2 is 1.59 bits per heavy atom. The predicted molar refractivity (Wildman–Crippen MR) is 110 cm³/mol. The van der Waals surface area contributed by atoms with Crippen LogP contribution in [0.2, 0.25) is 0 Å². The summed E-state index contributed by atoms with van der Waals surface area (Å²) in [5.74, 6) is -0.292. The smallest absolute Gasteiger partial charge is 0.244 e. The van der Waals surface area contributed by atoms with Crippen molar-refractivity contribution in [1.82, 2.24) is 5.32 Å². The lowest BCUT2D eigenvalue weighted by Crippen LogP contribution is -2.50. The van der Waals surface area contributed by atoms with Crippen LogP contribution in [0.25, 0.3) is 0 Å². The van der Waals surface area contributed by atoms with Gasteiger partial charge in [-0.3, -0.25) is 9.10 Å². The number of carbonyl (C=O) groups is 1. The second-order valence-electron chi connectivity index (χ2n) is 6.70. The van der Waals surface area contributed by atoms with Crippen LogP contribution in [0.1, 0.15) is 43.9 Å². The summed E-state index contributed by atoms with van der Waals surface area (Å²) in [6.07, 6.45) is 2.22. The molecule has 27 heavy (non-hydrogen) atoms. The minimum absolute atomic E-state index is 0.163. The lowest BCUT2D eigenvalue weighted by Gasteiger charge is -2.31. The molecule has 0 aliphatic heterocycles. The molecule has 0 spiro atoms. The predicted octanol–water partition coefficient (Wildman–Crippen LogP) is 3.81. The van der Waals surface area contributed by atoms with Crippen LogP contribution in [0.3, 0.4) is 0 Å². The van der Waals surface area contributed by atoms with Crippen molar-refractivity contribution in [2.24, 2.45) is 0 Å². The minimum Gasteiger partial charge on any atom is -0.347 e. The van der Waals surface area contributed by atoms with E-state index in [0.717, 1.165) is 23.8 Å². The number of anilines is 1. The van der Waals surface area contributed by atoms with Gasteiger partial charge < -0.3 is 5.32 Å². The van der Waals surface area contributed by atoms with Gasteiger partial charge >= 0.3 is 0 Å². The first-order valence-electron chi connectivity index (χ1n) is 9.19. The highest BCUT2D eigenvalue weighted by molar-refractivity contribution is 7.92. The first-order valence-corrected chi connectivity index (χ1v) is 11.0. The largest absolute Gasteiger partial charge is 0.347 e. The molecule has 0 fully saturated rings.